The Morgan fingerprint density at radius 1 is 1.47 bits per heavy atom. The monoisotopic (exact) mass is 227 g/mol. The molecule has 0 aliphatic rings. The number of carbonyl (C=O) groups excluding carboxylic acids is 1. The van der Waals surface area contributed by atoms with Gasteiger partial charge in [0.05, 0.1) is 12.3 Å². The molecule has 0 spiro atoms. The maximum atomic E-state index is 11.7. The van der Waals surface area contributed by atoms with Crippen LogP contribution in [0, 0.1) is 11.3 Å². The summed E-state index contributed by atoms with van der Waals surface area (Å²) in [5.74, 6) is -0.250. The van der Waals surface area contributed by atoms with E-state index in [1.807, 2.05) is 6.07 Å². The van der Waals surface area contributed by atoms with Crippen molar-refractivity contribution in [1.82, 2.24) is 10.3 Å². The minimum Gasteiger partial charge on any atom is -0.459 e. The van der Waals surface area contributed by atoms with Crippen LogP contribution in [0.15, 0.2) is 47.3 Å². The molecule has 0 radical (unpaired) electrons. The van der Waals surface area contributed by atoms with Gasteiger partial charge in [0.2, 0.25) is 0 Å². The van der Waals surface area contributed by atoms with Crippen molar-refractivity contribution in [1.29, 1.82) is 5.26 Å². The number of hydrogen-bond donors (Lipinski definition) is 1. The van der Waals surface area contributed by atoms with E-state index in [0.717, 1.165) is 0 Å². The molecule has 2 aromatic heterocycles. The fourth-order valence-corrected chi connectivity index (χ4v) is 1.35. The Bertz CT molecular complexity index is 529. The lowest BCUT2D eigenvalue weighted by Gasteiger charge is -2.09. The van der Waals surface area contributed by atoms with Crippen molar-refractivity contribution >= 4 is 5.91 Å². The normalized spacial score (nSPS) is 11.5. The van der Waals surface area contributed by atoms with Gasteiger partial charge in [0.1, 0.15) is 6.04 Å². The van der Waals surface area contributed by atoms with Crippen LogP contribution in [0.25, 0.3) is 0 Å². The molecule has 2 heterocycles. The maximum absolute atomic E-state index is 11.7. The van der Waals surface area contributed by atoms with Gasteiger partial charge in [-0.05, 0) is 18.2 Å². The first-order chi connectivity index (χ1) is 8.31. The van der Waals surface area contributed by atoms with E-state index in [-0.39, 0.29) is 5.76 Å². The van der Waals surface area contributed by atoms with Gasteiger partial charge in [0, 0.05) is 18.0 Å². The average molecular weight is 227 g/mol. The van der Waals surface area contributed by atoms with Gasteiger partial charge in [0.25, 0.3) is 5.91 Å². The second kappa shape index (κ2) is 4.94. The zero-order chi connectivity index (χ0) is 12.1. The minimum absolute atomic E-state index is 0.175. The van der Waals surface area contributed by atoms with Crippen LogP contribution in [0.1, 0.15) is 22.2 Å². The fraction of sp³-hybridized carbons (Fsp3) is 0.0833. The number of furan rings is 1. The zero-order valence-corrected chi connectivity index (χ0v) is 8.83. The number of pyridine rings is 1. The van der Waals surface area contributed by atoms with Crippen molar-refractivity contribution < 1.29 is 9.21 Å². The molecule has 0 saturated heterocycles. The SMILES string of the molecule is N#C[C@H](NC(=O)c1ccco1)c1cccnc1. The number of amides is 1. The smallest absolute Gasteiger partial charge is 0.288 e. The summed E-state index contributed by atoms with van der Waals surface area (Å²) in [5.41, 5.74) is 0.634. The number of hydrogen-bond acceptors (Lipinski definition) is 4. The van der Waals surface area contributed by atoms with Gasteiger partial charge in [-0.25, -0.2) is 0 Å². The highest BCUT2D eigenvalue weighted by Crippen LogP contribution is 2.11. The highest BCUT2D eigenvalue weighted by Gasteiger charge is 2.16. The van der Waals surface area contributed by atoms with Crippen molar-refractivity contribution in [2.45, 2.75) is 6.04 Å². The van der Waals surface area contributed by atoms with Crippen LogP contribution in [-0.2, 0) is 0 Å². The predicted molar refractivity (Wildman–Crippen MR) is 58.8 cm³/mol. The fourth-order valence-electron chi connectivity index (χ4n) is 1.35. The van der Waals surface area contributed by atoms with Crippen LogP contribution in [0.4, 0.5) is 0 Å². The molecule has 5 heteroatoms. The van der Waals surface area contributed by atoms with E-state index in [0.29, 0.717) is 5.56 Å². The molecule has 0 aliphatic heterocycles. The maximum Gasteiger partial charge on any atom is 0.288 e. The second-order valence-electron chi connectivity index (χ2n) is 3.30. The lowest BCUT2D eigenvalue weighted by atomic mass is 10.1. The quantitative estimate of drug-likeness (QED) is 0.864. The third kappa shape index (κ3) is 2.49. The van der Waals surface area contributed by atoms with E-state index in [4.69, 9.17) is 9.68 Å². The first-order valence-electron chi connectivity index (χ1n) is 4.95. The van der Waals surface area contributed by atoms with Gasteiger partial charge < -0.3 is 9.73 Å². The molecule has 0 bridgehead atoms. The average Bonchev–Trinajstić information content (AvgIpc) is 2.90. The molecule has 0 saturated carbocycles. The topological polar surface area (TPSA) is 78.9 Å². The van der Waals surface area contributed by atoms with E-state index in [1.54, 1.807) is 24.4 Å². The van der Waals surface area contributed by atoms with Crippen molar-refractivity contribution in [2.75, 3.05) is 0 Å². The van der Waals surface area contributed by atoms with E-state index in [9.17, 15) is 4.79 Å². The van der Waals surface area contributed by atoms with E-state index >= 15 is 0 Å². The summed E-state index contributed by atoms with van der Waals surface area (Å²) in [7, 11) is 0. The van der Waals surface area contributed by atoms with Crippen LogP contribution in [0.3, 0.4) is 0 Å². The van der Waals surface area contributed by atoms with Crippen LogP contribution in [-0.4, -0.2) is 10.9 Å². The molecule has 0 fully saturated rings. The zero-order valence-electron chi connectivity index (χ0n) is 8.83. The molecule has 17 heavy (non-hydrogen) atoms. The summed E-state index contributed by atoms with van der Waals surface area (Å²) < 4.78 is 4.94. The van der Waals surface area contributed by atoms with Crippen molar-refractivity contribution in [2.24, 2.45) is 0 Å². The molecular weight excluding hydrogens is 218 g/mol. The highest BCUT2D eigenvalue weighted by molar-refractivity contribution is 5.91. The van der Waals surface area contributed by atoms with Crippen LogP contribution < -0.4 is 5.32 Å². The van der Waals surface area contributed by atoms with Crippen molar-refractivity contribution in [3.8, 4) is 6.07 Å². The van der Waals surface area contributed by atoms with Gasteiger partial charge in [-0.1, -0.05) is 6.07 Å². The lowest BCUT2D eigenvalue weighted by molar-refractivity contribution is 0.0917. The summed E-state index contributed by atoms with van der Waals surface area (Å²) >= 11 is 0. The Balaban J connectivity index is 2.12. The number of nitriles is 1. The Morgan fingerprint density at radius 3 is 2.94 bits per heavy atom. The summed E-state index contributed by atoms with van der Waals surface area (Å²) in [4.78, 5) is 15.6. The summed E-state index contributed by atoms with van der Waals surface area (Å²) in [5, 5.41) is 11.6. The van der Waals surface area contributed by atoms with Crippen LogP contribution in [0.2, 0.25) is 0 Å². The summed E-state index contributed by atoms with van der Waals surface area (Å²) in [6.45, 7) is 0. The number of rotatable bonds is 3. The van der Waals surface area contributed by atoms with Crippen LogP contribution >= 0.6 is 0 Å². The number of carbonyl (C=O) groups is 1. The summed E-state index contributed by atoms with van der Waals surface area (Å²) in [6.07, 6.45) is 4.54. The molecule has 1 N–H and O–H groups in total. The molecule has 84 valence electrons. The predicted octanol–water partition coefficient (Wildman–Crippen LogP) is 1.67. The van der Waals surface area contributed by atoms with Gasteiger partial charge in [0.15, 0.2) is 5.76 Å². The van der Waals surface area contributed by atoms with Crippen LogP contribution in [0.5, 0.6) is 0 Å². The van der Waals surface area contributed by atoms with Crippen molar-refractivity contribution in [3.63, 3.8) is 0 Å². The van der Waals surface area contributed by atoms with Gasteiger partial charge >= 0.3 is 0 Å². The molecule has 0 unspecified atom stereocenters. The summed E-state index contributed by atoms with van der Waals surface area (Å²) in [6, 6.07) is 7.84. The highest BCUT2D eigenvalue weighted by atomic mass is 16.3. The molecule has 0 aliphatic carbocycles. The molecule has 0 aromatic carbocycles. The number of aromatic nitrogens is 1. The van der Waals surface area contributed by atoms with Gasteiger partial charge in [-0.3, -0.25) is 9.78 Å². The van der Waals surface area contributed by atoms with E-state index in [1.165, 1.54) is 18.5 Å². The molecular formula is C12H9N3O2. The Labute approximate surface area is 97.7 Å². The number of nitrogens with one attached hydrogen (secondary N) is 1. The van der Waals surface area contributed by atoms with E-state index in [2.05, 4.69) is 10.3 Å². The lowest BCUT2D eigenvalue weighted by Crippen LogP contribution is -2.27. The third-order valence-corrected chi connectivity index (χ3v) is 2.17. The third-order valence-electron chi connectivity index (χ3n) is 2.17. The Morgan fingerprint density at radius 2 is 2.35 bits per heavy atom. The van der Waals surface area contributed by atoms with Crippen molar-refractivity contribution in [3.05, 3.63) is 54.2 Å². The molecule has 2 aromatic rings. The Kier molecular flexibility index (Phi) is 3.17. The van der Waals surface area contributed by atoms with E-state index < -0.39 is 11.9 Å². The number of nitrogens with zero attached hydrogens (tertiary/aromatic N) is 2. The molecule has 2 rings (SSSR count). The largest absolute Gasteiger partial charge is 0.459 e. The minimum atomic E-state index is -0.735. The van der Waals surface area contributed by atoms with Gasteiger partial charge in [-0.2, -0.15) is 5.26 Å². The first-order valence-corrected chi connectivity index (χ1v) is 4.95. The second-order valence-corrected chi connectivity index (χ2v) is 3.30. The standard InChI is InChI=1S/C12H9N3O2/c13-7-10(9-3-1-5-14-8-9)15-12(16)11-4-2-6-17-11/h1-6,8,10H,(H,15,16)/t10-/m0/s1. The Hall–Kier alpha value is -2.61. The molecule has 1 amide bonds. The molecule has 1 atom stereocenters. The van der Waals surface area contributed by atoms with Gasteiger partial charge in [-0.15, -0.1) is 0 Å². The molecule has 5 nitrogen and oxygen atoms in total. The first kappa shape index (κ1) is 10.9.